The maximum absolute atomic E-state index is 8.33. The molecule has 0 unspecified atom stereocenters. The van der Waals surface area contributed by atoms with Crippen molar-refractivity contribution < 1.29 is 5.11 Å². The number of aliphatic hydroxyl groups excluding tert-OH is 1. The Bertz CT molecular complexity index is 64.8. The Hall–Kier alpha value is -0.300. The number of rotatable bonds is 3. The molecular weight excluding hydrogens is 100 g/mol. The van der Waals surface area contributed by atoms with Crippen LogP contribution in [0.2, 0.25) is 0 Å². The topological polar surface area (TPSA) is 20.2 Å². The maximum atomic E-state index is 8.33. The lowest BCUT2D eigenvalue weighted by atomic mass is 10.2. The summed E-state index contributed by atoms with van der Waals surface area (Å²) in [6.07, 6.45) is 4.89. The molecule has 0 amide bonds. The zero-order valence-corrected chi connectivity index (χ0v) is 5.59. The smallest absolute Gasteiger partial charge is 0.0465 e. The fourth-order valence-corrected chi connectivity index (χ4v) is 0.443. The first-order valence-corrected chi connectivity index (χ1v) is 3.05. The third-order valence-electron chi connectivity index (χ3n) is 0.817. The average molecular weight is 114 g/mol. The third-order valence-corrected chi connectivity index (χ3v) is 0.817. The van der Waals surface area contributed by atoms with Gasteiger partial charge in [-0.3, -0.25) is 0 Å². The summed E-state index contributed by atoms with van der Waals surface area (Å²) < 4.78 is 0. The van der Waals surface area contributed by atoms with Gasteiger partial charge in [0, 0.05) is 6.61 Å². The second kappa shape index (κ2) is 4.85. The summed E-state index contributed by atoms with van der Waals surface area (Å²) in [6.45, 7) is 4.50. The molecule has 48 valence electrons. The molecule has 0 aliphatic rings. The lowest BCUT2D eigenvalue weighted by Crippen LogP contribution is -1.79. The third kappa shape index (κ3) is 5.70. The van der Waals surface area contributed by atoms with E-state index in [4.69, 9.17) is 5.11 Å². The zero-order valence-electron chi connectivity index (χ0n) is 5.59. The average Bonchev–Trinajstić information content (AvgIpc) is 1.66. The van der Waals surface area contributed by atoms with Crippen molar-refractivity contribution in [2.45, 2.75) is 20.3 Å². The predicted octanol–water partition coefficient (Wildman–Crippen LogP) is 1.58. The van der Waals surface area contributed by atoms with Gasteiger partial charge in [-0.2, -0.15) is 0 Å². The molecule has 1 N–H and O–H groups in total. The first-order valence-electron chi connectivity index (χ1n) is 3.05. The van der Waals surface area contributed by atoms with Crippen molar-refractivity contribution in [2.75, 3.05) is 6.61 Å². The van der Waals surface area contributed by atoms with E-state index >= 15 is 0 Å². The van der Waals surface area contributed by atoms with Crippen molar-refractivity contribution in [1.29, 1.82) is 0 Å². The molecule has 1 heteroatoms. The van der Waals surface area contributed by atoms with Crippen LogP contribution in [0.25, 0.3) is 0 Å². The van der Waals surface area contributed by atoms with Gasteiger partial charge in [-0.05, 0) is 12.3 Å². The monoisotopic (exact) mass is 114 g/mol. The van der Waals surface area contributed by atoms with Crippen molar-refractivity contribution in [3.63, 3.8) is 0 Å². The van der Waals surface area contributed by atoms with Gasteiger partial charge in [0.15, 0.2) is 0 Å². The Balaban J connectivity index is 3.07. The second-order valence-electron chi connectivity index (χ2n) is 2.18. The molecule has 0 heterocycles. The molecule has 0 aromatic rings. The summed E-state index contributed by atoms with van der Waals surface area (Å²) >= 11 is 0. The van der Waals surface area contributed by atoms with Gasteiger partial charge in [0.2, 0.25) is 0 Å². The normalized spacial score (nSPS) is 11.5. The molecule has 0 saturated carbocycles. The van der Waals surface area contributed by atoms with Crippen LogP contribution in [0.4, 0.5) is 0 Å². The number of hydrogen-bond donors (Lipinski definition) is 1. The van der Waals surface area contributed by atoms with Gasteiger partial charge in [0.25, 0.3) is 0 Å². The van der Waals surface area contributed by atoms with Gasteiger partial charge in [0.1, 0.15) is 0 Å². The van der Waals surface area contributed by atoms with E-state index in [9.17, 15) is 0 Å². The highest BCUT2D eigenvalue weighted by molar-refractivity contribution is 4.83. The van der Waals surface area contributed by atoms with E-state index in [1.807, 2.05) is 6.08 Å². The number of allylic oxidation sites excluding steroid dienone is 1. The molecular formula is C7H14O. The summed E-state index contributed by atoms with van der Waals surface area (Å²) in [5, 5.41) is 8.33. The minimum atomic E-state index is 0.267. The van der Waals surface area contributed by atoms with Crippen LogP contribution < -0.4 is 0 Å². The molecule has 0 atom stereocenters. The van der Waals surface area contributed by atoms with Gasteiger partial charge in [-0.1, -0.05) is 26.0 Å². The summed E-state index contributed by atoms with van der Waals surface area (Å²) in [5.41, 5.74) is 0. The van der Waals surface area contributed by atoms with Crippen LogP contribution >= 0.6 is 0 Å². The van der Waals surface area contributed by atoms with Crippen molar-refractivity contribution >= 4 is 0 Å². The quantitative estimate of drug-likeness (QED) is 0.552. The standard InChI is InChI=1S/C7H14O/c1-7(2)5-3-4-6-8/h3,5,7-8H,4,6H2,1-2H3. The fourth-order valence-electron chi connectivity index (χ4n) is 0.443. The van der Waals surface area contributed by atoms with Gasteiger partial charge in [0.05, 0.1) is 0 Å². The van der Waals surface area contributed by atoms with Crippen molar-refractivity contribution in [1.82, 2.24) is 0 Å². The highest BCUT2D eigenvalue weighted by atomic mass is 16.2. The molecule has 0 aliphatic heterocycles. The molecule has 0 spiro atoms. The van der Waals surface area contributed by atoms with E-state index in [-0.39, 0.29) is 6.61 Å². The maximum Gasteiger partial charge on any atom is 0.0465 e. The van der Waals surface area contributed by atoms with E-state index in [0.29, 0.717) is 5.92 Å². The van der Waals surface area contributed by atoms with E-state index in [0.717, 1.165) is 6.42 Å². The van der Waals surface area contributed by atoms with Crippen LogP contribution in [-0.2, 0) is 0 Å². The molecule has 0 fully saturated rings. The first-order chi connectivity index (χ1) is 3.77. The highest BCUT2D eigenvalue weighted by Gasteiger charge is 1.80. The Morgan fingerprint density at radius 3 is 2.50 bits per heavy atom. The second-order valence-corrected chi connectivity index (χ2v) is 2.18. The SMILES string of the molecule is CC(C)C=CCCO. The molecule has 0 aliphatic carbocycles. The van der Waals surface area contributed by atoms with Crippen LogP contribution in [0.3, 0.4) is 0 Å². The van der Waals surface area contributed by atoms with Crippen molar-refractivity contribution in [2.24, 2.45) is 5.92 Å². The number of aliphatic hydroxyl groups is 1. The molecule has 0 radical (unpaired) electrons. The van der Waals surface area contributed by atoms with Crippen LogP contribution in [-0.4, -0.2) is 11.7 Å². The highest BCUT2D eigenvalue weighted by Crippen LogP contribution is 1.93. The van der Waals surface area contributed by atoms with Gasteiger partial charge >= 0.3 is 0 Å². The fraction of sp³-hybridized carbons (Fsp3) is 0.714. The van der Waals surface area contributed by atoms with E-state index in [1.165, 1.54) is 0 Å². The molecule has 1 nitrogen and oxygen atoms in total. The van der Waals surface area contributed by atoms with Gasteiger partial charge < -0.3 is 5.11 Å². The molecule has 0 aromatic carbocycles. The zero-order chi connectivity index (χ0) is 6.41. The van der Waals surface area contributed by atoms with Crippen LogP contribution in [0.15, 0.2) is 12.2 Å². The number of hydrogen-bond acceptors (Lipinski definition) is 1. The Labute approximate surface area is 51.0 Å². The van der Waals surface area contributed by atoms with Crippen LogP contribution in [0.1, 0.15) is 20.3 Å². The van der Waals surface area contributed by atoms with Gasteiger partial charge in [-0.15, -0.1) is 0 Å². The predicted molar refractivity (Wildman–Crippen MR) is 35.7 cm³/mol. The minimum absolute atomic E-state index is 0.267. The molecule has 0 aromatic heterocycles. The van der Waals surface area contributed by atoms with Crippen molar-refractivity contribution in [3.8, 4) is 0 Å². The van der Waals surface area contributed by atoms with Crippen molar-refractivity contribution in [3.05, 3.63) is 12.2 Å². The Morgan fingerprint density at radius 1 is 1.50 bits per heavy atom. The summed E-state index contributed by atoms with van der Waals surface area (Å²) in [7, 11) is 0. The van der Waals surface area contributed by atoms with Gasteiger partial charge in [-0.25, -0.2) is 0 Å². The lowest BCUT2D eigenvalue weighted by Gasteiger charge is -1.90. The molecule has 8 heavy (non-hydrogen) atoms. The summed E-state index contributed by atoms with van der Waals surface area (Å²) in [6, 6.07) is 0. The molecule has 0 bridgehead atoms. The van der Waals surface area contributed by atoms with E-state index < -0.39 is 0 Å². The Kier molecular flexibility index (Phi) is 4.67. The first kappa shape index (κ1) is 7.70. The van der Waals surface area contributed by atoms with E-state index in [1.54, 1.807) is 0 Å². The Morgan fingerprint density at radius 2 is 2.12 bits per heavy atom. The molecule has 0 rings (SSSR count). The van der Waals surface area contributed by atoms with E-state index in [2.05, 4.69) is 19.9 Å². The molecule has 0 saturated heterocycles. The minimum Gasteiger partial charge on any atom is -0.396 e. The summed E-state index contributed by atoms with van der Waals surface area (Å²) in [4.78, 5) is 0. The van der Waals surface area contributed by atoms with Crippen LogP contribution in [0, 0.1) is 5.92 Å². The van der Waals surface area contributed by atoms with Crippen LogP contribution in [0.5, 0.6) is 0 Å². The summed E-state index contributed by atoms with van der Waals surface area (Å²) in [5.74, 6) is 0.613. The lowest BCUT2D eigenvalue weighted by molar-refractivity contribution is 0.302. The largest absolute Gasteiger partial charge is 0.396 e.